The molecule has 0 spiro atoms. The lowest BCUT2D eigenvalue weighted by atomic mass is 10.0. The van der Waals surface area contributed by atoms with E-state index in [2.05, 4.69) is 23.6 Å². The second kappa shape index (κ2) is 8.29. The first-order valence-corrected chi connectivity index (χ1v) is 8.28. The molecule has 4 nitrogen and oxygen atoms in total. The zero-order chi connectivity index (χ0) is 17.5. The Bertz CT molecular complexity index is 711. The zero-order valence-corrected chi connectivity index (χ0v) is 14.4. The van der Waals surface area contributed by atoms with Gasteiger partial charge in [-0.2, -0.15) is 0 Å². The average Bonchev–Trinajstić information content (AvgIpc) is 2.59. The standard InChI is InChI=1S/C20H24N2O2/c1-4-9-16-12-8-13-18(14(16)2)22-19(23)15(3)21-20(24)17-10-6-5-7-11-17/h5-8,10-13,15H,4,9H2,1-3H3,(H,21,24)(H,22,23). The van der Waals surface area contributed by atoms with Gasteiger partial charge in [0.05, 0.1) is 0 Å². The van der Waals surface area contributed by atoms with Crippen molar-refractivity contribution in [3.8, 4) is 0 Å². The van der Waals surface area contributed by atoms with E-state index in [1.165, 1.54) is 5.56 Å². The average molecular weight is 324 g/mol. The third-order valence-corrected chi connectivity index (χ3v) is 4.00. The Morgan fingerprint density at radius 1 is 1.04 bits per heavy atom. The van der Waals surface area contributed by atoms with Crippen molar-refractivity contribution in [1.29, 1.82) is 0 Å². The molecule has 0 heterocycles. The number of rotatable bonds is 6. The zero-order valence-electron chi connectivity index (χ0n) is 14.4. The van der Waals surface area contributed by atoms with Gasteiger partial charge in [-0.3, -0.25) is 9.59 Å². The van der Waals surface area contributed by atoms with Gasteiger partial charge < -0.3 is 10.6 Å². The molecule has 0 radical (unpaired) electrons. The summed E-state index contributed by atoms with van der Waals surface area (Å²) in [5, 5.41) is 5.64. The second-order valence-electron chi connectivity index (χ2n) is 5.89. The predicted octanol–water partition coefficient (Wildman–Crippen LogP) is 3.70. The Morgan fingerprint density at radius 2 is 1.75 bits per heavy atom. The molecule has 2 aromatic carbocycles. The van der Waals surface area contributed by atoms with E-state index in [1.54, 1.807) is 31.2 Å². The fourth-order valence-electron chi connectivity index (χ4n) is 2.54. The Kier molecular flexibility index (Phi) is 6.13. The molecule has 2 rings (SSSR count). The molecule has 1 atom stereocenters. The van der Waals surface area contributed by atoms with Gasteiger partial charge in [0.25, 0.3) is 5.91 Å². The Hall–Kier alpha value is -2.62. The summed E-state index contributed by atoms with van der Waals surface area (Å²) in [5.74, 6) is -0.481. The molecule has 0 aliphatic heterocycles. The van der Waals surface area contributed by atoms with Crippen LogP contribution in [0, 0.1) is 6.92 Å². The molecule has 0 aliphatic carbocycles. The monoisotopic (exact) mass is 324 g/mol. The van der Waals surface area contributed by atoms with Crippen molar-refractivity contribution in [2.45, 2.75) is 39.7 Å². The van der Waals surface area contributed by atoms with Crippen LogP contribution in [0.4, 0.5) is 5.69 Å². The molecule has 2 aromatic rings. The number of amides is 2. The number of carbonyl (C=O) groups excluding carboxylic acids is 2. The molecular weight excluding hydrogens is 300 g/mol. The van der Waals surface area contributed by atoms with E-state index >= 15 is 0 Å². The third kappa shape index (κ3) is 4.44. The van der Waals surface area contributed by atoms with Crippen LogP contribution < -0.4 is 10.6 Å². The van der Waals surface area contributed by atoms with Crippen molar-refractivity contribution in [3.05, 3.63) is 65.2 Å². The third-order valence-electron chi connectivity index (χ3n) is 4.00. The van der Waals surface area contributed by atoms with Crippen LogP contribution in [0.1, 0.15) is 41.8 Å². The van der Waals surface area contributed by atoms with Crippen LogP contribution in [0.5, 0.6) is 0 Å². The molecule has 2 N–H and O–H groups in total. The molecule has 0 saturated heterocycles. The first-order chi connectivity index (χ1) is 11.5. The molecule has 24 heavy (non-hydrogen) atoms. The van der Waals surface area contributed by atoms with Crippen LogP contribution in [0.2, 0.25) is 0 Å². The van der Waals surface area contributed by atoms with Crippen LogP contribution in [-0.4, -0.2) is 17.9 Å². The molecule has 4 heteroatoms. The Labute approximate surface area is 143 Å². The number of hydrogen-bond acceptors (Lipinski definition) is 2. The molecule has 0 fully saturated rings. The smallest absolute Gasteiger partial charge is 0.251 e. The predicted molar refractivity (Wildman–Crippen MR) is 97.2 cm³/mol. The first-order valence-electron chi connectivity index (χ1n) is 8.28. The lowest BCUT2D eigenvalue weighted by Crippen LogP contribution is -2.41. The summed E-state index contributed by atoms with van der Waals surface area (Å²) in [5.41, 5.74) is 3.65. The van der Waals surface area contributed by atoms with Crippen LogP contribution in [-0.2, 0) is 11.2 Å². The van der Waals surface area contributed by atoms with E-state index in [0.717, 1.165) is 24.1 Å². The number of hydrogen-bond donors (Lipinski definition) is 2. The minimum Gasteiger partial charge on any atom is -0.341 e. The van der Waals surface area contributed by atoms with Crippen LogP contribution in [0.25, 0.3) is 0 Å². The number of aryl methyl sites for hydroxylation is 1. The van der Waals surface area contributed by atoms with E-state index in [4.69, 9.17) is 0 Å². The van der Waals surface area contributed by atoms with Gasteiger partial charge in [0, 0.05) is 11.3 Å². The van der Waals surface area contributed by atoms with Gasteiger partial charge in [0.15, 0.2) is 0 Å². The lowest BCUT2D eigenvalue weighted by Gasteiger charge is -2.16. The van der Waals surface area contributed by atoms with Gasteiger partial charge in [-0.05, 0) is 49.6 Å². The van der Waals surface area contributed by atoms with E-state index in [-0.39, 0.29) is 11.8 Å². The number of benzene rings is 2. The summed E-state index contributed by atoms with van der Waals surface area (Å²) < 4.78 is 0. The molecule has 1 unspecified atom stereocenters. The summed E-state index contributed by atoms with van der Waals surface area (Å²) in [6.45, 7) is 5.82. The van der Waals surface area contributed by atoms with Crippen LogP contribution >= 0.6 is 0 Å². The van der Waals surface area contributed by atoms with Crippen molar-refractivity contribution < 1.29 is 9.59 Å². The normalized spacial score (nSPS) is 11.6. The lowest BCUT2D eigenvalue weighted by molar-refractivity contribution is -0.117. The van der Waals surface area contributed by atoms with E-state index in [9.17, 15) is 9.59 Å². The molecule has 0 saturated carbocycles. The van der Waals surface area contributed by atoms with Crippen molar-refractivity contribution in [3.63, 3.8) is 0 Å². The van der Waals surface area contributed by atoms with Gasteiger partial charge in [-0.25, -0.2) is 0 Å². The quantitative estimate of drug-likeness (QED) is 0.851. The highest BCUT2D eigenvalue weighted by Gasteiger charge is 2.17. The Balaban J connectivity index is 2.02. The molecule has 0 aliphatic rings. The molecule has 0 aromatic heterocycles. The minimum absolute atomic E-state index is 0.226. The topological polar surface area (TPSA) is 58.2 Å². The van der Waals surface area contributed by atoms with E-state index in [1.807, 2.05) is 25.1 Å². The van der Waals surface area contributed by atoms with Gasteiger partial charge >= 0.3 is 0 Å². The summed E-state index contributed by atoms with van der Waals surface area (Å²) in [7, 11) is 0. The number of nitrogens with one attached hydrogen (secondary N) is 2. The van der Waals surface area contributed by atoms with Gasteiger partial charge in [0.1, 0.15) is 6.04 Å². The first kappa shape index (κ1) is 17.7. The number of carbonyl (C=O) groups is 2. The summed E-state index contributed by atoms with van der Waals surface area (Å²) in [6, 6.07) is 14.2. The van der Waals surface area contributed by atoms with Gasteiger partial charge in [-0.15, -0.1) is 0 Å². The second-order valence-corrected chi connectivity index (χ2v) is 5.89. The highest BCUT2D eigenvalue weighted by Crippen LogP contribution is 2.20. The van der Waals surface area contributed by atoms with Crippen molar-refractivity contribution in [1.82, 2.24) is 5.32 Å². The summed E-state index contributed by atoms with van der Waals surface area (Å²) >= 11 is 0. The van der Waals surface area contributed by atoms with Crippen LogP contribution in [0.3, 0.4) is 0 Å². The SMILES string of the molecule is CCCc1cccc(NC(=O)C(C)NC(=O)c2ccccc2)c1C. The number of anilines is 1. The summed E-state index contributed by atoms with van der Waals surface area (Å²) in [4.78, 5) is 24.5. The summed E-state index contributed by atoms with van der Waals surface area (Å²) in [6.07, 6.45) is 2.04. The van der Waals surface area contributed by atoms with Crippen LogP contribution in [0.15, 0.2) is 48.5 Å². The molecular formula is C20H24N2O2. The van der Waals surface area contributed by atoms with Crippen molar-refractivity contribution in [2.24, 2.45) is 0 Å². The van der Waals surface area contributed by atoms with E-state index < -0.39 is 6.04 Å². The fraction of sp³-hybridized carbons (Fsp3) is 0.300. The highest BCUT2D eigenvalue weighted by molar-refractivity contribution is 6.01. The molecule has 126 valence electrons. The molecule has 2 amide bonds. The Morgan fingerprint density at radius 3 is 2.42 bits per heavy atom. The maximum absolute atomic E-state index is 12.4. The minimum atomic E-state index is -0.619. The van der Waals surface area contributed by atoms with E-state index in [0.29, 0.717) is 5.56 Å². The highest BCUT2D eigenvalue weighted by atomic mass is 16.2. The van der Waals surface area contributed by atoms with Crippen molar-refractivity contribution in [2.75, 3.05) is 5.32 Å². The maximum atomic E-state index is 12.4. The largest absolute Gasteiger partial charge is 0.341 e. The molecule has 0 bridgehead atoms. The van der Waals surface area contributed by atoms with Crippen molar-refractivity contribution >= 4 is 17.5 Å². The van der Waals surface area contributed by atoms with Gasteiger partial charge in [-0.1, -0.05) is 43.7 Å². The van der Waals surface area contributed by atoms with Gasteiger partial charge in [0.2, 0.25) is 5.91 Å². The fourth-order valence-corrected chi connectivity index (χ4v) is 2.54. The maximum Gasteiger partial charge on any atom is 0.251 e.